The number of piperidine rings is 1. The van der Waals surface area contributed by atoms with Crippen molar-refractivity contribution in [3.8, 4) is 0 Å². The van der Waals surface area contributed by atoms with Crippen molar-refractivity contribution in [2.24, 2.45) is 0 Å². The lowest BCUT2D eigenvalue weighted by Gasteiger charge is -2.36. The first kappa shape index (κ1) is 16.1. The molecule has 1 fully saturated rings. The zero-order chi connectivity index (χ0) is 17.1. The number of nitrogens with one attached hydrogen (secondary N) is 1. The minimum absolute atomic E-state index is 0.0504. The first-order valence-electron chi connectivity index (χ1n) is 9.22. The maximum absolute atomic E-state index is 13.1. The first-order chi connectivity index (χ1) is 12.3. The largest absolute Gasteiger partial charge is 0.366 e. The Morgan fingerprint density at radius 3 is 2.72 bits per heavy atom. The second-order valence-corrected chi connectivity index (χ2v) is 7.00. The molecule has 2 aliphatic rings. The average molecular weight is 336 g/mol. The van der Waals surface area contributed by atoms with E-state index in [4.69, 9.17) is 0 Å². The quantitative estimate of drug-likeness (QED) is 0.936. The molecule has 1 aliphatic heterocycles. The number of fused-ring (bicyclic) bond motifs is 1. The summed E-state index contributed by atoms with van der Waals surface area (Å²) >= 11 is 0. The van der Waals surface area contributed by atoms with Gasteiger partial charge < -0.3 is 10.2 Å². The Bertz CT molecular complexity index is 725. The van der Waals surface area contributed by atoms with Crippen LogP contribution in [0.5, 0.6) is 0 Å². The number of nitrogens with zero attached hydrogens (tertiary/aromatic N) is 3. The Morgan fingerprint density at radius 1 is 1.08 bits per heavy atom. The molecule has 5 heteroatoms. The number of hydrogen-bond acceptors (Lipinski definition) is 4. The number of anilines is 1. The topological polar surface area (TPSA) is 58.1 Å². The number of carbonyl (C=O) groups excluding carboxylic acids is 1. The molecular formula is C20H24N4O. The molecule has 2 aromatic rings. The van der Waals surface area contributed by atoms with Gasteiger partial charge in [-0.3, -0.25) is 4.79 Å². The molecule has 0 unspecified atom stereocenters. The van der Waals surface area contributed by atoms with E-state index in [2.05, 4.69) is 44.7 Å². The summed E-state index contributed by atoms with van der Waals surface area (Å²) in [6.45, 7) is 1.63. The third kappa shape index (κ3) is 3.50. The fourth-order valence-electron chi connectivity index (χ4n) is 4.06. The highest BCUT2D eigenvalue weighted by Crippen LogP contribution is 2.33. The van der Waals surface area contributed by atoms with E-state index in [0.29, 0.717) is 11.9 Å². The van der Waals surface area contributed by atoms with Crippen molar-refractivity contribution in [3.63, 3.8) is 0 Å². The van der Waals surface area contributed by atoms with E-state index >= 15 is 0 Å². The summed E-state index contributed by atoms with van der Waals surface area (Å²) in [6, 6.07) is 12.6. The molecule has 130 valence electrons. The first-order valence-corrected chi connectivity index (χ1v) is 9.22. The van der Waals surface area contributed by atoms with Crippen molar-refractivity contribution in [1.82, 2.24) is 15.1 Å². The molecule has 1 aromatic carbocycles. The average Bonchev–Trinajstić information content (AvgIpc) is 2.68. The molecule has 1 saturated heterocycles. The molecular weight excluding hydrogens is 312 g/mol. The standard InChI is InChI=1S/C20H24N4O/c25-20(18-8-3-6-15-5-1-2-7-17(15)18)24-13-10-16(11-14-24)22-19-9-4-12-21-23-19/h1-2,4-5,7,9,12,16,18H,3,6,8,10-11,13-14H2,(H,22,23)/t18-/m1/s1. The van der Waals surface area contributed by atoms with Gasteiger partial charge in [0, 0.05) is 25.3 Å². The minimum Gasteiger partial charge on any atom is -0.366 e. The molecule has 1 amide bonds. The predicted octanol–water partition coefficient (Wildman–Crippen LogP) is 3.00. The minimum atomic E-state index is 0.0504. The van der Waals surface area contributed by atoms with Gasteiger partial charge in [0.2, 0.25) is 5.91 Å². The molecule has 0 radical (unpaired) electrons. The molecule has 5 nitrogen and oxygen atoms in total. The number of likely N-dealkylation sites (tertiary alicyclic amines) is 1. The maximum atomic E-state index is 13.1. The Balaban J connectivity index is 1.37. The number of hydrogen-bond donors (Lipinski definition) is 1. The molecule has 1 aromatic heterocycles. The Morgan fingerprint density at radius 2 is 1.92 bits per heavy atom. The smallest absolute Gasteiger partial charge is 0.230 e. The van der Waals surface area contributed by atoms with Crippen molar-refractivity contribution in [1.29, 1.82) is 0 Å². The summed E-state index contributed by atoms with van der Waals surface area (Å²) in [5.41, 5.74) is 2.60. The number of carbonyl (C=O) groups is 1. The summed E-state index contributed by atoms with van der Waals surface area (Å²) < 4.78 is 0. The van der Waals surface area contributed by atoms with Crippen LogP contribution in [0.2, 0.25) is 0 Å². The van der Waals surface area contributed by atoms with Crippen LogP contribution in [-0.4, -0.2) is 40.1 Å². The van der Waals surface area contributed by atoms with Crippen LogP contribution < -0.4 is 5.32 Å². The normalized spacial score (nSPS) is 20.8. The second kappa shape index (κ2) is 7.21. The molecule has 0 bridgehead atoms. The van der Waals surface area contributed by atoms with E-state index in [1.165, 1.54) is 11.1 Å². The van der Waals surface area contributed by atoms with Gasteiger partial charge in [0.15, 0.2) is 0 Å². The molecule has 25 heavy (non-hydrogen) atoms. The van der Waals surface area contributed by atoms with E-state index in [1.807, 2.05) is 12.1 Å². The van der Waals surface area contributed by atoms with Crippen molar-refractivity contribution in [2.45, 2.75) is 44.1 Å². The van der Waals surface area contributed by atoms with Gasteiger partial charge in [0.25, 0.3) is 0 Å². The fourth-order valence-corrected chi connectivity index (χ4v) is 4.06. The van der Waals surface area contributed by atoms with Gasteiger partial charge in [-0.2, -0.15) is 5.10 Å². The summed E-state index contributed by atoms with van der Waals surface area (Å²) in [6.07, 6.45) is 6.78. The van der Waals surface area contributed by atoms with E-state index in [1.54, 1.807) is 6.20 Å². The Labute approximate surface area is 148 Å². The van der Waals surface area contributed by atoms with Crippen molar-refractivity contribution in [2.75, 3.05) is 18.4 Å². The molecule has 1 aliphatic carbocycles. The van der Waals surface area contributed by atoms with Gasteiger partial charge in [0.1, 0.15) is 5.82 Å². The van der Waals surface area contributed by atoms with E-state index < -0.39 is 0 Å². The van der Waals surface area contributed by atoms with Gasteiger partial charge in [-0.05, 0) is 55.4 Å². The van der Waals surface area contributed by atoms with Crippen LogP contribution in [-0.2, 0) is 11.2 Å². The predicted molar refractivity (Wildman–Crippen MR) is 97.4 cm³/mol. The van der Waals surface area contributed by atoms with Gasteiger partial charge in [-0.25, -0.2) is 0 Å². The maximum Gasteiger partial charge on any atom is 0.230 e. The highest BCUT2D eigenvalue weighted by Gasteiger charge is 2.31. The lowest BCUT2D eigenvalue weighted by atomic mass is 9.82. The van der Waals surface area contributed by atoms with Crippen molar-refractivity contribution in [3.05, 3.63) is 53.7 Å². The number of benzene rings is 1. The zero-order valence-corrected chi connectivity index (χ0v) is 14.4. The molecule has 1 N–H and O–H groups in total. The highest BCUT2D eigenvalue weighted by atomic mass is 16.2. The number of amides is 1. The lowest BCUT2D eigenvalue weighted by Crippen LogP contribution is -2.44. The van der Waals surface area contributed by atoms with Crippen LogP contribution in [0.4, 0.5) is 5.82 Å². The molecule has 0 spiro atoms. The summed E-state index contributed by atoms with van der Waals surface area (Å²) in [4.78, 5) is 15.1. The van der Waals surface area contributed by atoms with Gasteiger partial charge in [-0.15, -0.1) is 5.10 Å². The third-order valence-corrected chi connectivity index (χ3v) is 5.40. The van der Waals surface area contributed by atoms with Crippen LogP contribution >= 0.6 is 0 Å². The van der Waals surface area contributed by atoms with Crippen molar-refractivity contribution < 1.29 is 4.79 Å². The van der Waals surface area contributed by atoms with Gasteiger partial charge >= 0.3 is 0 Å². The highest BCUT2D eigenvalue weighted by molar-refractivity contribution is 5.84. The molecule has 4 rings (SSSR count). The lowest BCUT2D eigenvalue weighted by molar-refractivity contribution is -0.134. The number of rotatable bonds is 3. The molecule has 0 saturated carbocycles. The van der Waals surface area contributed by atoms with Crippen LogP contribution in [0, 0.1) is 0 Å². The number of aromatic nitrogens is 2. The van der Waals surface area contributed by atoms with Gasteiger partial charge in [0.05, 0.1) is 5.92 Å². The van der Waals surface area contributed by atoms with E-state index in [-0.39, 0.29) is 5.92 Å². The van der Waals surface area contributed by atoms with Crippen LogP contribution in [0.15, 0.2) is 42.6 Å². The van der Waals surface area contributed by atoms with Crippen molar-refractivity contribution >= 4 is 11.7 Å². The zero-order valence-electron chi connectivity index (χ0n) is 14.4. The third-order valence-electron chi connectivity index (χ3n) is 5.40. The fraction of sp³-hybridized carbons (Fsp3) is 0.450. The Hall–Kier alpha value is -2.43. The van der Waals surface area contributed by atoms with Gasteiger partial charge in [-0.1, -0.05) is 24.3 Å². The van der Waals surface area contributed by atoms with Crippen LogP contribution in [0.1, 0.15) is 42.7 Å². The molecule has 1 atom stereocenters. The van der Waals surface area contributed by atoms with E-state index in [0.717, 1.165) is 51.0 Å². The summed E-state index contributed by atoms with van der Waals surface area (Å²) in [5, 5.41) is 11.4. The van der Waals surface area contributed by atoms with Crippen LogP contribution in [0.25, 0.3) is 0 Å². The number of aryl methyl sites for hydroxylation is 1. The summed E-state index contributed by atoms with van der Waals surface area (Å²) in [7, 11) is 0. The van der Waals surface area contributed by atoms with Crippen LogP contribution in [0.3, 0.4) is 0 Å². The SMILES string of the molecule is O=C([C@@H]1CCCc2ccccc21)N1CCC(Nc2cccnn2)CC1. The summed E-state index contributed by atoms with van der Waals surface area (Å²) in [5.74, 6) is 1.17. The van der Waals surface area contributed by atoms with E-state index in [9.17, 15) is 4.79 Å². The second-order valence-electron chi connectivity index (χ2n) is 7.00. The molecule has 2 heterocycles. The Kier molecular flexibility index (Phi) is 4.63. The monoisotopic (exact) mass is 336 g/mol.